The average Bonchev–Trinajstić information content (AvgIpc) is 3.41. The van der Waals surface area contributed by atoms with Crippen LogP contribution in [0.5, 0.6) is 0 Å². The molecule has 0 radical (unpaired) electrons. The Morgan fingerprint density at radius 3 is 2.79 bits per heavy atom. The van der Waals surface area contributed by atoms with Crippen LogP contribution in [0.25, 0.3) is 10.6 Å². The van der Waals surface area contributed by atoms with E-state index in [4.69, 9.17) is 9.26 Å². The fourth-order valence-corrected chi connectivity index (χ4v) is 4.02. The van der Waals surface area contributed by atoms with Crippen LogP contribution in [0, 0.1) is 0 Å². The third-order valence-corrected chi connectivity index (χ3v) is 5.84. The first-order valence-corrected chi connectivity index (χ1v) is 10.9. The average molecular weight is 433 g/mol. The molecule has 0 aliphatic carbocycles. The number of carboxylic acid groups (broad SMARTS) is 1. The van der Waals surface area contributed by atoms with Crippen molar-refractivity contribution in [1.82, 2.24) is 10.5 Å². The number of benzene rings is 1. The molecular formula is C20H20N2O5S2. The molecule has 0 fully saturated rings. The van der Waals surface area contributed by atoms with Gasteiger partial charge in [-0.25, -0.2) is 9.59 Å². The molecule has 0 saturated carbocycles. The van der Waals surface area contributed by atoms with Gasteiger partial charge in [0.05, 0.1) is 10.6 Å². The second-order valence-corrected chi connectivity index (χ2v) is 8.15. The number of amides is 1. The lowest BCUT2D eigenvalue weighted by Gasteiger charge is -2.14. The Morgan fingerprint density at radius 1 is 1.24 bits per heavy atom. The second-order valence-electron chi connectivity index (χ2n) is 6.10. The Labute approximate surface area is 176 Å². The fourth-order valence-electron chi connectivity index (χ4n) is 2.46. The summed E-state index contributed by atoms with van der Waals surface area (Å²) in [7, 11) is 0. The number of carbonyl (C=O) groups is 2. The molecule has 0 saturated heterocycles. The second kappa shape index (κ2) is 10.7. The van der Waals surface area contributed by atoms with E-state index in [1.807, 2.05) is 53.9 Å². The molecule has 1 amide bonds. The van der Waals surface area contributed by atoms with Crippen molar-refractivity contribution < 1.29 is 24.0 Å². The first kappa shape index (κ1) is 20.9. The van der Waals surface area contributed by atoms with E-state index in [2.05, 4.69) is 10.5 Å². The zero-order valence-electron chi connectivity index (χ0n) is 15.4. The summed E-state index contributed by atoms with van der Waals surface area (Å²) in [5.74, 6) is 0.766. The van der Waals surface area contributed by atoms with E-state index in [9.17, 15) is 14.7 Å². The predicted molar refractivity (Wildman–Crippen MR) is 112 cm³/mol. The third-order valence-electron chi connectivity index (χ3n) is 3.93. The van der Waals surface area contributed by atoms with Crippen molar-refractivity contribution in [1.29, 1.82) is 0 Å². The van der Waals surface area contributed by atoms with Crippen LogP contribution in [0.3, 0.4) is 0 Å². The van der Waals surface area contributed by atoms with Crippen LogP contribution in [-0.4, -0.2) is 34.1 Å². The summed E-state index contributed by atoms with van der Waals surface area (Å²) >= 11 is 3.10. The Balaban J connectivity index is 1.39. The molecule has 2 N–H and O–H groups in total. The van der Waals surface area contributed by atoms with Gasteiger partial charge in [0.1, 0.15) is 12.6 Å². The van der Waals surface area contributed by atoms with Gasteiger partial charge in [0.15, 0.2) is 5.76 Å². The van der Waals surface area contributed by atoms with Crippen molar-refractivity contribution in [3.63, 3.8) is 0 Å². The number of hydrogen-bond donors (Lipinski definition) is 2. The maximum Gasteiger partial charge on any atom is 0.408 e. The van der Waals surface area contributed by atoms with E-state index < -0.39 is 18.1 Å². The Hall–Kier alpha value is -2.78. The van der Waals surface area contributed by atoms with E-state index in [0.717, 1.165) is 21.9 Å². The van der Waals surface area contributed by atoms with Gasteiger partial charge in [0, 0.05) is 11.8 Å². The number of alkyl carbamates (subject to hydrolysis) is 1. The number of carbonyl (C=O) groups excluding carboxylic acids is 1. The van der Waals surface area contributed by atoms with Crippen molar-refractivity contribution in [2.75, 3.05) is 5.75 Å². The van der Waals surface area contributed by atoms with Gasteiger partial charge in [0.25, 0.3) is 0 Å². The lowest BCUT2D eigenvalue weighted by Crippen LogP contribution is -2.41. The molecular weight excluding hydrogens is 412 g/mol. The van der Waals surface area contributed by atoms with E-state index >= 15 is 0 Å². The normalized spacial score (nSPS) is 11.7. The number of ether oxygens (including phenoxy) is 1. The maximum atomic E-state index is 11.9. The zero-order valence-corrected chi connectivity index (χ0v) is 17.1. The highest BCUT2D eigenvalue weighted by atomic mass is 32.2. The molecule has 1 unspecified atom stereocenters. The molecule has 1 atom stereocenters. The number of nitrogens with zero attached hydrogens (tertiary/aromatic N) is 1. The quantitative estimate of drug-likeness (QED) is 0.458. The number of hydrogen-bond acceptors (Lipinski definition) is 7. The molecule has 2 heterocycles. The standard InChI is InChI=1S/C20H20N2O5S2/c23-19(24)16(21-20(25)26-12-14-5-2-1-3-6-14)8-10-28-13-15-11-17(27-22-15)18-7-4-9-29-18/h1-7,9,11,16H,8,10,12-13H2,(H,21,25)(H,23,24). The molecule has 0 spiro atoms. The number of thioether (sulfide) groups is 1. The monoisotopic (exact) mass is 432 g/mol. The van der Waals surface area contributed by atoms with Crippen molar-refractivity contribution in [2.24, 2.45) is 0 Å². The molecule has 9 heteroatoms. The minimum absolute atomic E-state index is 0.0898. The summed E-state index contributed by atoms with van der Waals surface area (Å²) in [6, 6.07) is 14.0. The Morgan fingerprint density at radius 2 is 2.07 bits per heavy atom. The van der Waals surface area contributed by atoms with Crippen LogP contribution >= 0.6 is 23.1 Å². The van der Waals surface area contributed by atoms with Gasteiger partial charge in [-0.3, -0.25) is 0 Å². The van der Waals surface area contributed by atoms with E-state index in [1.54, 1.807) is 11.3 Å². The number of nitrogens with one attached hydrogen (secondary N) is 1. The summed E-state index contributed by atoms with van der Waals surface area (Å²) in [5, 5.41) is 17.7. The van der Waals surface area contributed by atoms with Crippen molar-refractivity contribution in [2.45, 2.75) is 24.8 Å². The van der Waals surface area contributed by atoms with Gasteiger partial charge in [-0.2, -0.15) is 11.8 Å². The molecule has 7 nitrogen and oxygen atoms in total. The molecule has 0 bridgehead atoms. The van der Waals surface area contributed by atoms with E-state index in [0.29, 0.717) is 11.5 Å². The maximum absolute atomic E-state index is 11.9. The SMILES string of the molecule is O=C(NC(CCSCc1cc(-c2cccs2)on1)C(=O)O)OCc1ccccc1. The van der Waals surface area contributed by atoms with Gasteiger partial charge in [-0.15, -0.1) is 11.3 Å². The topological polar surface area (TPSA) is 102 Å². The molecule has 3 rings (SSSR count). The van der Waals surface area contributed by atoms with E-state index in [1.165, 1.54) is 11.8 Å². The first-order chi connectivity index (χ1) is 14.1. The summed E-state index contributed by atoms with van der Waals surface area (Å²) < 4.78 is 10.4. The lowest BCUT2D eigenvalue weighted by atomic mass is 10.2. The lowest BCUT2D eigenvalue weighted by molar-refractivity contribution is -0.139. The van der Waals surface area contributed by atoms with E-state index in [-0.39, 0.29) is 13.0 Å². The van der Waals surface area contributed by atoms with Gasteiger partial charge in [0.2, 0.25) is 0 Å². The number of rotatable bonds is 10. The zero-order chi connectivity index (χ0) is 20.5. The summed E-state index contributed by atoms with van der Waals surface area (Å²) in [4.78, 5) is 24.3. The van der Waals surface area contributed by atoms with Gasteiger partial charge < -0.3 is 19.7 Å². The molecule has 0 aliphatic rings. The highest BCUT2D eigenvalue weighted by Gasteiger charge is 2.20. The largest absolute Gasteiger partial charge is 0.480 e. The molecule has 0 aliphatic heterocycles. The van der Waals surface area contributed by atoms with Crippen molar-refractivity contribution >= 4 is 35.2 Å². The van der Waals surface area contributed by atoms with Crippen LogP contribution in [0.15, 0.2) is 58.4 Å². The predicted octanol–water partition coefficient (Wildman–Crippen LogP) is 4.41. The van der Waals surface area contributed by atoms with Gasteiger partial charge >= 0.3 is 12.1 Å². The summed E-state index contributed by atoms with van der Waals surface area (Å²) in [6.07, 6.45) is -0.473. The van der Waals surface area contributed by atoms with Crippen molar-refractivity contribution in [3.8, 4) is 10.6 Å². The molecule has 29 heavy (non-hydrogen) atoms. The minimum atomic E-state index is -1.09. The molecule has 152 valence electrons. The molecule has 2 aromatic heterocycles. The third kappa shape index (κ3) is 6.65. The first-order valence-electron chi connectivity index (χ1n) is 8.89. The highest BCUT2D eigenvalue weighted by molar-refractivity contribution is 7.98. The Kier molecular flexibility index (Phi) is 7.71. The number of aromatic nitrogens is 1. The smallest absolute Gasteiger partial charge is 0.408 e. The fraction of sp³-hybridized carbons (Fsp3) is 0.250. The number of aliphatic carboxylic acids is 1. The number of thiophene rings is 1. The minimum Gasteiger partial charge on any atom is -0.480 e. The summed E-state index contributed by atoms with van der Waals surface area (Å²) in [5.41, 5.74) is 1.63. The van der Waals surface area contributed by atoms with Crippen LogP contribution in [0.1, 0.15) is 17.7 Å². The van der Waals surface area contributed by atoms with Crippen LogP contribution in [-0.2, 0) is 21.9 Å². The van der Waals surface area contributed by atoms with Crippen molar-refractivity contribution in [3.05, 3.63) is 65.2 Å². The summed E-state index contributed by atoms with van der Waals surface area (Å²) in [6.45, 7) is 0.0898. The van der Waals surface area contributed by atoms with Crippen LogP contribution in [0.2, 0.25) is 0 Å². The number of carboxylic acids is 1. The van der Waals surface area contributed by atoms with Gasteiger partial charge in [-0.05, 0) is 29.2 Å². The Bertz CT molecular complexity index is 912. The molecule has 1 aromatic carbocycles. The molecule has 3 aromatic rings. The van der Waals surface area contributed by atoms with Crippen LogP contribution < -0.4 is 5.32 Å². The van der Waals surface area contributed by atoms with Crippen LogP contribution in [0.4, 0.5) is 4.79 Å². The van der Waals surface area contributed by atoms with Gasteiger partial charge in [-0.1, -0.05) is 41.6 Å². The highest BCUT2D eigenvalue weighted by Crippen LogP contribution is 2.26.